The van der Waals surface area contributed by atoms with Gasteiger partial charge in [-0.15, -0.1) is 11.6 Å². The van der Waals surface area contributed by atoms with Crippen LogP contribution in [0.3, 0.4) is 0 Å². The lowest BCUT2D eigenvalue weighted by Gasteiger charge is -2.31. The van der Waals surface area contributed by atoms with Crippen molar-refractivity contribution >= 4 is 11.6 Å². The molecular weight excluding hydrogens is 332 g/mol. The lowest BCUT2D eigenvalue weighted by Crippen LogP contribution is -2.28. The molecule has 0 saturated heterocycles. The van der Waals surface area contributed by atoms with Crippen molar-refractivity contribution in [2.75, 3.05) is 7.11 Å². The molecule has 0 spiro atoms. The molecule has 25 heavy (non-hydrogen) atoms. The number of rotatable bonds is 7. The Hall–Kier alpha value is -1.51. The summed E-state index contributed by atoms with van der Waals surface area (Å²) in [5, 5.41) is 0.124. The fourth-order valence-corrected chi connectivity index (χ4v) is 4.04. The third kappa shape index (κ3) is 5.23. The predicted molar refractivity (Wildman–Crippen MR) is 103 cm³/mol. The average Bonchev–Trinajstić information content (AvgIpc) is 2.68. The zero-order valence-electron chi connectivity index (χ0n) is 14.9. The number of hydrogen-bond donors (Lipinski definition) is 0. The molecule has 0 bridgehead atoms. The maximum absolute atomic E-state index is 6.79. The van der Waals surface area contributed by atoms with E-state index in [0.29, 0.717) is 18.6 Å². The van der Waals surface area contributed by atoms with Crippen molar-refractivity contribution in [1.82, 2.24) is 0 Å². The fraction of sp³-hybridized carbons (Fsp3) is 0.455. The summed E-state index contributed by atoms with van der Waals surface area (Å²) in [6, 6.07) is 18.5. The summed E-state index contributed by atoms with van der Waals surface area (Å²) in [6.45, 7) is 0.583. The summed E-state index contributed by atoms with van der Waals surface area (Å²) >= 11 is 6.79. The van der Waals surface area contributed by atoms with Gasteiger partial charge in [0.05, 0.1) is 6.10 Å². The maximum Gasteiger partial charge on any atom is 0.123 e. The molecule has 0 N–H and O–H groups in total. The van der Waals surface area contributed by atoms with Gasteiger partial charge >= 0.3 is 0 Å². The van der Waals surface area contributed by atoms with E-state index >= 15 is 0 Å². The van der Waals surface area contributed by atoms with Crippen LogP contribution in [0.25, 0.3) is 0 Å². The molecule has 1 saturated carbocycles. The summed E-state index contributed by atoms with van der Waals surface area (Å²) in [4.78, 5) is 0. The summed E-state index contributed by atoms with van der Waals surface area (Å²) in [5.41, 5.74) is 2.37. The van der Waals surface area contributed by atoms with Crippen molar-refractivity contribution in [1.29, 1.82) is 0 Å². The predicted octanol–water partition coefficient (Wildman–Crippen LogP) is 5.62. The van der Waals surface area contributed by atoms with E-state index in [1.807, 2.05) is 37.4 Å². The van der Waals surface area contributed by atoms with Crippen LogP contribution in [0.4, 0.5) is 0 Å². The Labute approximate surface area is 156 Å². The van der Waals surface area contributed by atoms with E-state index in [4.69, 9.17) is 21.1 Å². The molecule has 2 nitrogen and oxygen atoms in total. The van der Waals surface area contributed by atoms with Crippen LogP contribution in [0, 0.1) is 5.92 Å². The van der Waals surface area contributed by atoms with Crippen LogP contribution in [-0.4, -0.2) is 18.6 Å². The van der Waals surface area contributed by atoms with Gasteiger partial charge in [-0.05, 0) is 48.8 Å². The Bertz CT molecular complexity index is 643. The molecule has 0 aliphatic heterocycles. The van der Waals surface area contributed by atoms with Crippen LogP contribution in [0.5, 0.6) is 5.75 Å². The van der Waals surface area contributed by atoms with Gasteiger partial charge in [-0.3, -0.25) is 0 Å². The van der Waals surface area contributed by atoms with Gasteiger partial charge in [0.15, 0.2) is 0 Å². The van der Waals surface area contributed by atoms with Crippen molar-refractivity contribution in [2.24, 2.45) is 5.92 Å². The van der Waals surface area contributed by atoms with E-state index < -0.39 is 0 Å². The number of ether oxygens (including phenoxy) is 2. The van der Waals surface area contributed by atoms with Crippen LogP contribution in [0.15, 0.2) is 54.6 Å². The summed E-state index contributed by atoms with van der Waals surface area (Å²) in [5.74, 6) is 1.46. The second-order valence-corrected chi connectivity index (χ2v) is 7.45. The Morgan fingerprint density at radius 2 is 1.80 bits per heavy atom. The van der Waals surface area contributed by atoms with Crippen LogP contribution in [0.1, 0.15) is 36.8 Å². The monoisotopic (exact) mass is 358 g/mol. The molecule has 2 aromatic carbocycles. The van der Waals surface area contributed by atoms with Gasteiger partial charge in [-0.1, -0.05) is 55.0 Å². The second-order valence-electron chi connectivity index (χ2n) is 6.89. The number of hydrogen-bond acceptors (Lipinski definition) is 2. The van der Waals surface area contributed by atoms with Gasteiger partial charge in [0.25, 0.3) is 0 Å². The van der Waals surface area contributed by atoms with Gasteiger partial charge in [0.1, 0.15) is 12.4 Å². The first kappa shape index (κ1) is 18.3. The highest BCUT2D eigenvalue weighted by molar-refractivity contribution is 6.21. The minimum absolute atomic E-state index is 0.124. The minimum atomic E-state index is 0.124. The Kier molecular flexibility index (Phi) is 6.77. The lowest BCUT2D eigenvalue weighted by atomic mass is 9.83. The number of para-hydroxylation sites is 1. The fourth-order valence-electron chi connectivity index (χ4n) is 3.65. The molecule has 2 aromatic rings. The van der Waals surface area contributed by atoms with Gasteiger partial charge in [-0.25, -0.2) is 0 Å². The molecule has 1 fully saturated rings. The van der Waals surface area contributed by atoms with E-state index in [-0.39, 0.29) is 5.38 Å². The summed E-state index contributed by atoms with van der Waals surface area (Å²) < 4.78 is 11.6. The smallest absolute Gasteiger partial charge is 0.123 e. The van der Waals surface area contributed by atoms with Crippen LogP contribution >= 0.6 is 11.6 Å². The molecule has 3 rings (SSSR count). The first-order valence-corrected chi connectivity index (χ1v) is 9.61. The normalized spacial score (nSPS) is 21.7. The number of benzene rings is 2. The quantitative estimate of drug-likeness (QED) is 0.598. The second kappa shape index (κ2) is 9.26. The van der Waals surface area contributed by atoms with E-state index in [1.54, 1.807) is 0 Å². The van der Waals surface area contributed by atoms with E-state index in [0.717, 1.165) is 25.0 Å². The zero-order valence-corrected chi connectivity index (χ0v) is 15.6. The first-order valence-electron chi connectivity index (χ1n) is 9.17. The van der Waals surface area contributed by atoms with Crippen LogP contribution in [-0.2, 0) is 17.8 Å². The Morgan fingerprint density at radius 1 is 1.04 bits per heavy atom. The lowest BCUT2D eigenvalue weighted by molar-refractivity contribution is 0.0498. The van der Waals surface area contributed by atoms with Gasteiger partial charge < -0.3 is 9.47 Å². The summed E-state index contributed by atoms with van der Waals surface area (Å²) in [7, 11) is 1.81. The van der Waals surface area contributed by atoms with E-state index in [9.17, 15) is 0 Å². The third-order valence-corrected chi connectivity index (χ3v) is 5.65. The molecule has 3 heteroatoms. The Balaban J connectivity index is 1.62. The van der Waals surface area contributed by atoms with Gasteiger partial charge in [-0.2, -0.15) is 0 Å². The molecular formula is C22H27ClO2. The van der Waals surface area contributed by atoms with Crippen molar-refractivity contribution < 1.29 is 9.47 Å². The highest BCUT2D eigenvalue weighted by atomic mass is 35.5. The summed E-state index contributed by atoms with van der Waals surface area (Å²) in [6.07, 6.45) is 5.84. The number of halogens is 1. The molecule has 0 amide bonds. The zero-order chi connectivity index (χ0) is 17.5. The molecule has 1 aliphatic carbocycles. The van der Waals surface area contributed by atoms with Gasteiger partial charge in [0.2, 0.25) is 0 Å². The largest absolute Gasteiger partial charge is 0.489 e. The number of methoxy groups -OCH3 is 1. The average molecular weight is 359 g/mol. The minimum Gasteiger partial charge on any atom is -0.489 e. The van der Waals surface area contributed by atoms with E-state index in [1.165, 1.54) is 24.0 Å². The van der Waals surface area contributed by atoms with Crippen molar-refractivity contribution in [3.8, 4) is 5.75 Å². The molecule has 3 atom stereocenters. The topological polar surface area (TPSA) is 18.5 Å². The molecule has 0 aromatic heterocycles. The highest BCUT2D eigenvalue weighted by Gasteiger charge is 2.28. The van der Waals surface area contributed by atoms with Gasteiger partial charge in [0, 0.05) is 12.5 Å². The Morgan fingerprint density at radius 3 is 2.60 bits per heavy atom. The molecule has 1 unspecified atom stereocenters. The van der Waals surface area contributed by atoms with Crippen LogP contribution < -0.4 is 4.74 Å². The maximum atomic E-state index is 6.79. The van der Waals surface area contributed by atoms with Crippen molar-refractivity contribution in [3.63, 3.8) is 0 Å². The molecule has 134 valence electrons. The third-order valence-electron chi connectivity index (χ3n) is 5.14. The number of alkyl halides is 1. The van der Waals surface area contributed by atoms with Crippen LogP contribution in [0.2, 0.25) is 0 Å². The first-order chi connectivity index (χ1) is 12.3. The highest BCUT2D eigenvalue weighted by Crippen LogP contribution is 2.34. The molecule has 0 radical (unpaired) electrons. The van der Waals surface area contributed by atoms with E-state index in [2.05, 4.69) is 24.3 Å². The van der Waals surface area contributed by atoms with Crippen molar-refractivity contribution in [2.45, 2.75) is 50.2 Å². The molecule has 0 heterocycles. The SMILES string of the molecule is CO[C@H]1CCC[C@H](C(Cl)Cc2ccccc2OCc2ccccc2)C1. The molecule has 1 aliphatic rings. The van der Waals surface area contributed by atoms with Crippen molar-refractivity contribution in [3.05, 3.63) is 65.7 Å². The standard InChI is InChI=1S/C22H27ClO2/c1-24-20-12-7-11-18(14-20)21(23)15-19-10-5-6-13-22(19)25-16-17-8-3-2-4-9-17/h2-6,8-10,13,18,20-21H,7,11-12,14-16H2,1H3/t18-,20-,21?/m0/s1.